The summed E-state index contributed by atoms with van der Waals surface area (Å²) >= 11 is 0. The SMILES string of the molecule is [CH]1[CH][CH][CH][CH]1.[CH]1[CH][C](C2=N[C@@H](c3ccccc3)CO2)[C](P(c2ccccc2)c2ccccc2)[CH]1.[Fe]. The first-order chi connectivity index (χ1) is 16.9. The minimum absolute atomic E-state index is 0. The molecule has 3 aliphatic rings. The van der Waals surface area contributed by atoms with E-state index in [1.54, 1.807) is 0 Å². The van der Waals surface area contributed by atoms with E-state index in [1.807, 2.05) is 38.2 Å². The van der Waals surface area contributed by atoms with Crippen LogP contribution in [0.4, 0.5) is 0 Å². The van der Waals surface area contributed by atoms with Crippen molar-refractivity contribution in [1.82, 2.24) is 0 Å². The van der Waals surface area contributed by atoms with Gasteiger partial charge in [0, 0.05) is 22.7 Å². The van der Waals surface area contributed by atoms with Crippen LogP contribution >= 0.6 is 7.92 Å². The van der Waals surface area contributed by atoms with E-state index < -0.39 is 7.92 Å². The van der Waals surface area contributed by atoms with Gasteiger partial charge in [-0.15, -0.1) is 0 Å². The normalized spacial score (nSPS) is 20.0. The number of benzene rings is 3. The Hall–Kier alpha value is -1.92. The van der Waals surface area contributed by atoms with Gasteiger partial charge in [-0.2, -0.15) is 0 Å². The van der Waals surface area contributed by atoms with Crippen molar-refractivity contribution in [2.75, 3.05) is 6.61 Å². The molecule has 0 saturated heterocycles. The number of nitrogens with zero attached hydrogens (tertiary/aromatic N) is 1. The van der Waals surface area contributed by atoms with E-state index in [0.717, 1.165) is 11.8 Å². The molecular weight excluding hydrogens is 489 g/mol. The summed E-state index contributed by atoms with van der Waals surface area (Å²) in [6, 6.07) is 31.9. The largest absolute Gasteiger partial charge is 0.478 e. The molecular formula is C31H26FeNOP. The van der Waals surface area contributed by atoms with Gasteiger partial charge in [0.15, 0.2) is 5.90 Å². The van der Waals surface area contributed by atoms with Crippen molar-refractivity contribution in [3.63, 3.8) is 0 Å². The predicted molar refractivity (Wildman–Crippen MR) is 143 cm³/mol. The standard InChI is InChI=1S/C26H21NOP.C5H5.Fe/c1-4-11-20(12-5-1)24-19-28-26(27-24)23-17-10-18-25(23)29(21-13-6-2-7-14-21)22-15-8-3-9-16-22;1-2-4-5-3-1;/h1-18,24H,19H2;1-5H;/t24-;;/m1../s1. The molecule has 2 fully saturated rings. The van der Waals surface area contributed by atoms with Gasteiger partial charge in [0.25, 0.3) is 0 Å². The Bertz CT molecular complexity index is 992. The fraction of sp³-hybridized carbons (Fsp3) is 0.0645. The molecule has 2 saturated carbocycles. The monoisotopic (exact) mass is 515 g/mol. The van der Waals surface area contributed by atoms with E-state index >= 15 is 0 Å². The summed E-state index contributed by atoms with van der Waals surface area (Å²) in [5, 5.41) is 2.67. The first-order valence-corrected chi connectivity index (χ1v) is 12.8. The van der Waals surface area contributed by atoms with Crippen LogP contribution in [-0.2, 0) is 21.8 Å². The molecule has 35 heavy (non-hydrogen) atoms. The quantitative estimate of drug-likeness (QED) is 0.300. The molecule has 0 unspecified atom stereocenters. The molecule has 4 heteroatoms. The Morgan fingerprint density at radius 2 is 1.14 bits per heavy atom. The zero-order chi connectivity index (χ0) is 23.0. The third-order valence-corrected chi connectivity index (χ3v) is 8.18. The van der Waals surface area contributed by atoms with Gasteiger partial charge in [-0.3, -0.25) is 0 Å². The molecule has 0 bridgehead atoms. The minimum Gasteiger partial charge on any atom is -0.478 e. The predicted octanol–water partition coefficient (Wildman–Crippen LogP) is 6.04. The second kappa shape index (κ2) is 13.4. The third-order valence-electron chi connectivity index (χ3n) is 5.68. The number of aliphatic imine (C=N–C) groups is 1. The fourth-order valence-electron chi connectivity index (χ4n) is 4.06. The first-order valence-electron chi connectivity index (χ1n) is 11.5. The maximum absolute atomic E-state index is 6.09. The smallest absolute Gasteiger partial charge is 0.192 e. The molecule has 10 radical (unpaired) electrons. The Kier molecular flexibility index (Phi) is 10.0. The van der Waals surface area contributed by atoms with Crippen LogP contribution in [0.2, 0.25) is 0 Å². The van der Waals surface area contributed by atoms with Crippen LogP contribution in [0.15, 0.2) is 96.0 Å². The Labute approximate surface area is 222 Å². The van der Waals surface area contributed by atoms with E-state index in [2.05, 4.69) is 104 Å². The molecule has 1 heterocycles. The van der Waals surface area contributed by atoms with Gasteiger partial charge in [0.05, 0.1) is 5.92 Å². The zero-order valence-electron chi connectivity index (χ0n) is 19.2. The van der Waals surface area contributed by atoms with Crippen LogP contribution in [0, 0.1) is 62.9 Å². The fourth-order valence-corrected chi connectivity index (χ4v) is 6.50. The minimum atomic E-state index is -0.675. The van der Waals surface area contributed by atoms with Gasteiger partial charge >= 0.3 is 0 Å². The molecule has 2 nitrogen and oxygen atoms in total. The van der Waals surface area contributed by atoms with E-state index in [9.17, 15) is 0 Å². The van der Waals surface area contributed by atoms with E-state index in [0.29, 0.717) is 6.61 Å². The number of ether oxygens (including phenoxy) is 1. The summed E-state index contributed by atoms with van der Waals surface area (Å²) in [4.78, 5) is 4.94. The number of rotatable bonds is 5. The number of hydrogen-bond donors (Lipinski definition) is 0. The summed E-state index contributed by atoms with van der Waals surface area (Å²) in [7, 11) is -0.675. The topological polar surface area (TPSA) is 21.6 Å². The van der Waals surface area contributed by atoms with Gasteiger partial charge in [-0.05, 0) is 75.5 Å². The van der Waals surface area contributed by atoms with Crippen LogP contribution in [0.25, 0.3) is 0 Å². The van der Waals surface area contributed by atoms with Crippen molar-refractivity contribution < 1.29 is 21.8 Å². The van der Waals surface area contributed by atoms with Gasteiger partial charge in [-0.1, -0.05) is 91.0 Å². The van der Waals surface area contributed by atoms with Crippen LogP contribution < -0.4 is 10.6 Å². The Morgan fingerprint density at radius 1 is 0.629 bits per heavy atom. The van der Waals surface area contributed by atoms with Crippen molar-refractivity contribution in [2.24, 2.45) is 4.99 Å². The van der Waals surface area contributed by atoms with Crippen LogP contribution in [0.1, 0.15) is 11.6 Å². The molecule has 2 aliphatic carbocycles. The molecule has 0 spiro atoms. The average molecular weight is 515 g/mol. The second-order valence-electron chi connectivity index (χ2n) is 7.97. The Morgan fingerprint density at radius 3 is 1.69 bits per heavy atom. The first kappa shape index (κ1) is 26.2. The van der Waals surface area contributed by atoms with Crippen molar-refractivity contribution in [1.29, 1.82) is 0 Å². The molecule has 0 amide bonds. The van der Waals surface area contributed by atoms with Crippen molar-refractivity contribution >= 4 is 24.4 Å². The zero-order valence-corrected chi connectivity index (χ0v) is 21.2. The second-order valence-corrected chi connectivity index (χ2v) is 10.2. The van der Waals surface area contributed by atoms with Gasteiger partial charge in [-0.25, -0.2) is 4.99 Å². The van der Waals surface area contributed by atoms with Crippen LogP contribution in [-0.4, -0.2) is 12.5 Å². The van der Waals surface area contributed by atoms with Crippen LogP contribution in [0.3, 0.4) is 0 Å². The Balaban J connectivity index is 0.000000431. The molecule has 0 N–H and O–H groups in total. The third kappa shape index (κ3) is 6.65. The summed E-state index contributed by atoms with van der Waals surface area (Å²) in [6.45, 7) is 0.596. The van der Waals surface area contributed by atoms with Crippen LogP contribution in [0.5, 0.6) is 0 Å². The maximum atomic E-state index is 6.09. The summed E-state index contributed by atoms with van der Waals surface area (Å²) in [5.74, 6) is 1.88. The molecule has 1 aliphatic heterocycles. The van der Waals surface area contributed by atoms with Gasteiger partial charge in [0.2, 0.25) is 0 Å². The maximum Gasteiger partial charge on any atom is 0.192 e. The van der Waals surface area contributed by atoms with E-state index in [-0.39, 0.29) is 23.1 Å². The summed E-state index contributed by atoms with van der Waals surface area (Å²) < 4.78 is 6.09. The van der Waals surface area contributed by atoms with Crippen molar-refractivity contribution in [2.45, 2.75) is 6.04 Å². The van der Waals surface area contributed by atoms with E-state index in [4.69, 9.17) is 9.73 Å². The molecule has 1 atom stereocenters. The number of hydrogen-bond acceptors (Lipinski definition) is 2. The van der Waals surface area contributed by atoms with Gasteiger partial charge in [0.1, 0.15) is 12.6 Å². The molecule has 6 rings (SSSR count). The van der Waals surface area contributed by atoms with Crippen molar-refractivity contribution in [3.05, 3.63) is 160 Å². The summed E-state index contributed by atoms with van der Waals surface area (Å²) in [6.07, 6.45) is 16.5. The summed E-state index contributed by atoms with van der Waals surface area (Å²) in [5.41, 5.74) is 2.49. The molecule has 174 valence electrons. The average Bonchev–Trinajstić information content (AvgIpc) is 3.70. The molecule has 3 aromatic rings. The molecule has 3 aromatic carbocycles. The van der Waals surface area contributed by atoms with E-state index in [1.165, 1.54) is 21.8 Å². The molecule has 0 aromatic heterocycles. The van der Waals surface area contributed by atoms with Gasteiger partial charge < -0.3 is 4.74 Å². The van der Waals surface area contributed by atoms with Crippen molar-refractivity contribution in [3.8, 4) is 0 Å².